The van der Waals surface area contributed by atoms with E-state index in [1.54, 1.807) is 0 Å². The molecule has 1 N–H and O–H groups in total. The molecule has 4 heteroatoms. The van der Waals surface area contributed by atoms with E-state index in [1.165, 1.54) is 44.9 Å². The molecule has 2 atom stereocenters. The first-order valence-electron chi connectivity index (χ1n) is 11.5. The second kappa shape index (κ2) is 7.71. The minimum Gasteiger partial charge on any atom is -0.383 e. The van der Waals surface area contributed by atoms with E-state index in [4.69, 9.17) is 4.74 Å². The molecule has 0 unspecified atom stereocenters. The van der Waals surface area contributed by atoms with Crippen LogP contribution >= 0.6 is 0 Å². The number of nitrogens with zero attached hydrogens (tertiary/aromatic N) is 2. The van der Waals surface area contributed by atoms with Crippen molar-refractivity contribution < 1.29 is 9.84 Å². The summed E-state index contributed by atoms with van der Waals surface area (Å²) in [5.74, 6) is 0. The van der Waals surface area contributed by atoms with E-state index < -0.39 is 5.60 Å². The van der Waals surface area contributed by atoms with Crippen LogP contribution in [0.2, 0.25) is 0 Å². The smallest absolute Gasteiger partial charge is 0.108 e. The molecule has 4 aliphatic rings. The molecule has 28 heavy (non-hydrogen) atoms. The van der Waals surface area contributed by atoms with E-state index in [0.29, 0.717) is 5.41 Å². The average Bonchev–Trinajstić information content (AvgIpc) is 2.74. The Morgan fingerprint density at radius 1 is 0.857 bits per heavy atom. The lowest BCUT2D eigenvalue weighted by molar-refractivity contribution is -0.139. The van der Waals surface area contributed by atoms with Gasteiger partial charge in [-0.25, -0.2) is 0 Å². The molecule has 4 nitrogen and oxygen atoms in total. The number of aliphatic hydroxyl groups is 1. The van der Waals surface area contributed by atoms with Crippen LogP contribution in [0, 0.1) is 5.41 Å². The first-order valence-corrected chi connectivity index (χ1v) is 11.5. The second-order valence-corrected chi connectivity index (χ2v) is 9.82. The van der Waals surface area contributed by atoms with Crippen LogP contribution in [0.5, 0.6) is 0 Å². The summed E-state index contributed by atoms with van der Waals surface area (Å²) in [4.78, 5) is 5.22. The lowest BCUT2D eigenvalue weighted by atomic mass is 9.57. The van der Waals surface area contributed by atoms with Gasteiger partial charge >= 0.3 is 0 Å². The average molecular weight is 385 g/mol. The van der Waals surface area contributed by atoms with E-state index in [9.17, 15) is 5.11 Å². The summed E-state index contributed by atoms with van der Waals surface area (Å²) in [5, 5.41) is 11.9. The highest BCUT2D eigenvalue weighted by atomic mass is 16.5. The Balaban J connectivity index is 1.33. The molecule has 0 bridgehead atoms. The third-order valence-electron chi connectivity index (χ3n) is 8.27. The fourth-order valence-electron chi connectivity index (χ4n) is 6.56. The van der Waals surface area contributed by atoms with E-state index in [1.807, 2.05) is 6.07 Å². The Bertz CT molecular complexity index is 646. The van der Waals surface area contributed by atoms with E-state index in [-0.39, 0.29) is 6.04 Å². The van der Waals surface area contributed by atoms with Crippen LogP contribution < -0.4 is 0 Å². The standard InChI is InChI=1S/C24H36N2O2/c27-24(20-7-3-1-4-8-20)11-12-26(19-22(24)25-13-15-28-16-14-25)21-17-23(18-21)9-5-2-6-10-23/h1,3-4,7-8,21-22,27H,2,5-6,9-19H2/t22-,24+/m1/s1. The van der Waals surface area contributed by atoms with Crippen molar-refractivity contribution in [1.82, 2.24) is 9.80 Å². The second-order valence-electron chi connectivity index (χ2n) is 9.82. The van der Waals surface area contributed by atoms with Crippen molar-refractivity contribution in [3.8, 4) is 0 Å². The topological polar surface area (TPSA) is 35.9 Å². The molecule has 0 radical (unpaired) electrons. The molecule has 5 rings (SSSR count). The fraction of sp³-hybridized carbons (Fsp3) is 0.750. The summed E-state index contributed by atoms with van der Waals surface area (Å²) >= 11 is 0. The van der Waals surface area contributed by atoms with E-state index in [0.717, 1.165) is 57.4 Å². The molecule has 2 aliphatic carbocycles. The number of piperidine rings is 1. The number of hydrogen-bond donors (Lipinski definition) is 1. The molecule has 1 aromatic carbocycles. The van der Waals surface area contributed by atoms with Gasteiger partial charge in [0.25, 0.3) is 0 Å². The zero-order valence-corrected chi connectivity index (χ0v) is 17.2. The zero-order chi connectivity index (χ0) is 19.0. The molecule has 154 valence electrons. The van der Waals surface area contributed by atoms with Gasteiger partial charge in [-0.15, -0.1) is 0 Å². The Hall–Kier alpha value is -0.940. The maximum atomic E-state index is 11.9. The molecule has 4 fully saturated rings. The third kappa shape index (κ3) is 3.43. The highest BCUT2D eigenvalue weighted by Gasteiger charge is 2.51. The van der Waals surface area contributed by atoms with Crippen molar-refractivity contribution in [2.24, 2.45) is 5.41 Å². The summed E-state index contributed by atoms with van der Waals surface area (Å²) in [7, 11) is 0. The van der Waals surface area contributed by atoms with Gasteiger partial charge in [0.05, 0.1) is 19.3 Å². The van der Waals surface area contributed by atoms with Crippen molar-refractivity contribution in [2.75, 3.05) is 39.4 Å². The normalized spacial score (nSPS) is 35.0. The third-order valence-corrected chi connectivity index (χ3v) is 8.27. The highest BCUT2D eigenvalue weighted by molar-refractivity contribution is 5.26. The largest absolute Gasteiger partial charge is 0.383 e. The Labute approximate surface area is 169 Å². The Kier molecular flexibility index (Phi) is 5.25. The predicted octanol–water partition coefficient (Wildman–Crippen LogP) is 3.39. The van der Waals surface area contributed by atoms with Crippen LogP contribution in [0.15, 0.2) is 30.3 Å². The summed E-state index contributed by atoms with van der Waals surface area (Å²) in [5.41, 5.74) is 1.01. The maximum Gasteiger partial charge on any atom is 0.108 e. The molecule has 2 aliphatic heterocycles. The van der Waals surface area contributed by atoms with Gasteiger partial charge in [-0.2, -0.15) is 0 Å². The lowest BCUT2D eigenvalue weighted by Crippen LogP contribution is -2.65. The minimum absolute atomic E-state index is 0.162. The molecule has 2 heterocycles. The zero-order valence-electron chi connectivity index (χ0n) is 17.2. The molecular weight excluding hydrogens is 348 g/mol. The SMILES string of the molecule is O[C@]1(c2ccccc2)CCN(C2CC3(CCCCC3)C2)C[C@H]1N1CCOCC1. The van der Waals surface area contributed by atoms with Gasteiger partial charge in [0, 0.05) is 32.2 Å². The maximum absolute atomic E-state index is 11.9. The van der Waals surface area contributed by atoms with Crippen LogP contribution in [-0.4, -0.2) is 66.4 Å². The number of morpholine rings is 1. The van der Waals surface area contributed by atoms with Crippen LogP contribution in [0.4, 0.5) is 0 Å². The summed E-state index contributed by atoms with van der Waals surface area (Å²) in [6.45, 7) is 5.45. The van der Waals surface area contributed by atoms with Crippen molar-refractivity contribution in [3.05, 3.63) is 35.9 Å². The first-order chi connectivity index (χ1) is 13.7. The minimum atomic E-state index is -0.749. The van der Waals surface area contributed by atoms with Crippen molar-refractivity contribution in [3.63, 3.8) is 0 Å². The van der Waals surface area contributed by atoms with E-state index >= 15 is 0 Å². The van der Waals surface area contributed by atoms with Gasteiger partial charge in [0.15, 0.2) is 0 Å². The molecule has 0 aromatic heterocycles. The van der Waals surface area contributed by atoms with Crippen LogP contribution in [0.3, 0.4) is 0 Å². The monoisotopic (exact) mass is 384 g/mol. The van der Waals surface area contributed by atoms with Gasteiger partial charge in [-0.1, -0.05) is 49.6 Å². The van der Waals surface area contributed by atoms with Crippen LogP contribution in [0.1, 0.15) is 56.9 Å². The summed E-state index contributed by atoms with van der Waals surface area (Å²) in [6.07, 6.45) is 10.9. The molecule has 2 saturated carbocycles. The molecule has 1 spiro atoms. The van der Waals surface area contributed by atoms with Gasteiger partial charge in [0.2, 0.25) is 0 Å². The van der Waals surface area contributed by atoms with Crippen molar-refractivity contribution in [2.45, 2.75) is 69.1 Å². The Morgan fingerprint density at radius 2 is 1.57 bits per heavy atom. The van der Waals surface area contributed by atoms with Crippen LogP contribution in [-0.2, 0) is 10.3 Å². The molecular formula is C24H36N2O2. The number of benzene rings is 1. The lowest BCUT2D eigenvalue weighted by Gasteiger charge is -2.58. The fourth-order valence-corrected chi connectivity index (χ4v) is 6.56. The van der Waals surface area contributed by atoms with Gasteiger partial charge in [-0.3, -0.25) is 9.80 Å². The number of ether oxygens (including phenoxy) is 1. The molecule has 2 saturated heterocycles. The van der Waals surface area contributed by atoms with E-state index in [2.05, 4.69) is 34.1 Å². The van der Waals surface area contributed by atoms with Gasteiger partial charge < -0.3 is 9.84 Å². The number of hydrogen-bond acceptors (Lipinski definition) is 4. The Morgan fingerprint density at radius 3 is 2.29 bits per heavy atom. The summed E-state index contributed by atoms with van der Waals surface area (Å²) in [6, 6.07) is 11.3. The van der Waals surface area contributed by atoms with Gasteiger partial charge in [-0.05, 0) is 43.1 Å². The van der Waals surface area contributed by atoms with Crippen molar-refractivity contribution in [1.29, 1.82) is 0 Å². The summed E-state index contributed by atoms with van der Waals surface area (Å²) < 4.78 is 5.61. The van der Waals surface area contributed by atoms with Gasteiger partial charge in [0.1, 0.15) is 5.60 Å². The number of rotatable bonds is 3. The molecule has 1 aromatic rings. The predicted molar refractivity (Wildman–Crippen MR) is 111 cm³/mol. The highest BCUT2D eigenvalue weighted by Crippen LogP contribution is 2.54. The van der Waals surface area contributed by atoms with Crippen LogP contribution in [0.25, 0.3) is 0 Å². The quantitative estimate of drug-likeness (QED) is 0.867. The molecule has 0 amide bonds. The van der Waals surface area contributed by atoms with Crippen molar-refractivity contribution >= 4 is 0 Å². The first kappa shape index (κ1) is 19.0. The number of likely N-dealkylation sites (tertiary alicyclic amines) is 1.